The highest BCUT2D eigenvalue weighted by Crippen LogP contribution is 2.30. The molecule has 0 atom stereocenters. The van der Waals surface area contributed by atoms with Gasteiger partial charge in [0.1, 0.15) is 0 Å². The van der Waals surface area contributed by atoms with Crippen molar-refractivity contribution in [1.29, 1.82) is 0 Å². The van der Waals surface area contributed by atoms with Crippen LogP contribution in [-0.2, 0) is 0 Å². The first-order valence-corrected chi connectivity index (χ1v) is 10.3. The van der Waals surface area contributed by atoms with Crippen molar-refractivity contribution in [3.63, 3.8) is 0 Å². The minimum atomic E-state index is -1.94. The van der Waals surface area contributed by atoms with Gasteiger partial charge in [-0.2, -0.15) is 8.78 Å². The van der Waals surface area contributed by atoms with Crippen molar-refractivity contribution in [2.75, 3.05) is 0 Å². The zero-order chi connectivity index (χ0) is 15.5. The van der Waals surface area contributed by atoms with Crippen LogP contribution in [-0.4, -0.2) is 8.07 Å². The summed E-state index contributed by atoms with van der Waals surface area (Å²) < 4.78 is 26.9. The third-order valence-corrected chi connectivity index (χ3v) is 6.94. The van der Waals surface area contributed by atoms with Crippen LogP contribution in [0.5, 0.6) is 0 Å². The van der Waals surface area contributed by atoms with E-state index in [1.807, 2.05) is 37.3 Å². The molecule has 21 heavy (non-hydrogen) atoms. The summed E-state index contributed by atoms with van der Waals surface area (Å²) in [6, 6.07) is 17.8. The smallest absolute Gasteiger partial charge is 0.173 e. The van der Waals surface area contributed by atoms with Crippen molar-refractivity contribution in [2.24, 2.45) is 0 Å². The molecule has 0 N–H and O–H groups in total. The largest absolute Gasteiger partial charge is 0.273 e. The van der Waals surface area contributed by atoms with Crippen molar-refractivity contribution in [3.05, 3.63) is 71.8 Å². The summed E-state index contributed by atoms with van der Waals surface area (Å²) in [4.78, 5) is 0. The number of halogens is 2. The van der Waals surface area contributed by atoms with E-state index in [4.69, 9.17) is 0 Å². The second-order valence-corrected chi connectivity index (χ2v) is 10.7. The molecule has 0 aliphatic heterocycles. The second kappa shape index (κ2) is 6.35. The Labute approximate surface area is 126 Å². The van der Waals surface area contributed by atoms with Gasteiger partial charge in [0.05, 0.1) is 8.07 Å². The summed E-state index contributed by atoms with van der Waals surface area (Å²) in [5.74, 6) is 0. The molecular formula is C18H20F2Si. The maximum Gasteiger partial charge on any atom is 0.273 e. The van der Waals surface area contributed by atoms with Gasteiger partial charge < -0.3 is 0 Å². The van der Waals surface area contributed by atoms with E-state index in [1.165, 1.54) is 5.19 Å². The number of hydrogen-bond donors (Lipinski definition) is 0. The Kier molecular flexibility index (Phi) is 4.73. The summed E-state index contributed by atoms with van der Waals surface area (Å²) in [5, 5.41) is 1.20. The molecule has 0 saturated carbocycles. The van der Waals surface area contributed by atoms with Gasteiger partial charge in [-0.15, -0.1) is 0 Å². The Morgan fingerprint density at radius 3 is 2.00 bits per heavy atom. The van der Waals surface area contributed by atoms with Gasteiger partial charge in [0.25, 0.3) is 6.08 Å². The summed E-state index contributed by atoms with van der Waals surface area (Å²) >= 11 is 0. The topological polar surface area (TPSA) is 0 Å². The lowest BCUT2D eigenvalue weighted by Gasteiger charge is -2.24. The van der Waals surface area contributed by atoms with Crippen LogP contribution in [0.15, 0.2) is 60.7 Å². The number of rotatable bonds is 4. The molecule has 0 unspecified atom stereocenters. The van der Waals surface area contributed by atoms with E-state index in [1.54, 1.807) is 12.1 Å². The quantitative estimate of drug-likeness (QED) is 0.679. The van der Waals surface area contributed by atoms with Crippen LogP contribution in [0.25, 0.3) is 5.57 Å². The summed E-state index contributed by atoms with van der Waals surface area (Å²) in [6.07, 6.45) is -1.56. The minimum absolute atomic E-state index is 0.190. The first-order chi connectivity index (χ1) is 9.90. The fourth-order valence-corrected chi connectivity index (χ4v) is 4.99. The molecule has 0 amide bonds. The van der Waals surface area contributed by atoms with Gasteiger partial charge in [-0.05, 0) is 18.5 Å². The van der Waals surface area contributed by atoms with E-state index in [-0.39, 0.29) is 5.57 Å². The lowest BCUT2D eigenvalue weighted by atomic mass is 10.1. The lowest BCUT2D eigenvalue weighted by Crippen LogP contribution is -2.41. The molecular weight excluding hydrogens is 282 g/mol. The SMILES string of the molecule is Cc1ccc(C(C[Si](C)(C)c2ccccc2)=C(F)F)cc1. The molecule has 0 bridgehead atoms. The summed E-state index contributed by atoms with van der Waals surface area (Å²) in [7, 11) is -1.94. The zero-order valence-electron chi connectivity index (χ0n) is 12.7. The summed E-state index contributed by atoms with van der Waals surface area (Å²) in [5.41, 5.74) is 1.91. The van der Waals surface area contributed by atoms with Gasteiger partial charge in [-0.3, -0.25) is 0 Å². The molecule has 0 nitrogen and oxygen atoms in total. The average molecular weight is 302 g/mol. The highest BCUT2D eigenvalue weighted by molar-refractivity contribution is 6.91. The van der Waals surface area contributed by atoms with E-state index >= 15 is 0 Å². The van der Waals surface area contributed by atoms with Gasteiger partial charge >= 0.3 is 0 Å². The highest BCUT2D eigenvalue weighted by Gasteiger charge is 2.27. The molecule has 110 valence electrons. The fraction of sp³-hybridized carbons (Fsp3) is 0.222. The standard InChI is InChI=1S/C18H20F2Si/c1-14-9-11-15(12-10-14)17(18(19)20)13-21(2,3)16-7-5-4-6-8-16/h4-12H,13H2,1-3H3. The van der Waals surface area contributed by atoms with Crippen LogP contribution < -0.4 is 5.19 Å². The maximum absolute atomic E-state index is 13.4. The molecule has 0 radical (unpaired) electrons. The molecule has 3 heteroatoms. The average Bonchev–Trinajstić information content (AvgIpc) is 2.47. The Bertz CT molecular complexity index is 624. The van der Waals surface area contributed by atoms with Gasteiger partial charge in [-0.1, -0.05) is 78.4 Å². The maximum atomic E-state index is 13.4. The zero-order valence-corrected chi connectivity index (χ0v) is 13.7. The highest BCUT2D eigenvalue weighted by atomic mass is 28.3. The molecule has 0 aromatic heterocycles. The molecule has 0 aliphatic rings. The third-order valence-electron chi connectivity index (χ3n) is 3.80. The van der Waals surface area contributed by atoms with E-state index in [2.05, 4.69) is 25.2 Å². The van der Waals surface area contributed by atoms with Crippen LogP contribution in [0.1, 0.15) is 11.1 Å². The molecule has 2 aromatic carbocycles. The van der Waals surface area contributed by atoms with Gasteiger partial charge in [0.15, 0.2) is 0 Å². The fourth-order valence-electron chi connectivity index (χ4n) is 2.47. The Balaban J connectivity index is 2.34. The van der Waals surface area contributed by atoms with Crippen LogP contribution in [0.2, 0.25) is 19.1 Å². The van der Waals surface area contributed by atoms with Crippen molar-refractivity contribution >= 4 is 18.8 Å². The number of allylic oxidation sites excluding steroid dienone is 1. The predicted octanol–water partition coefficient (Wildman–Crippen LogP) is 5.22. The molecule has 0 aliphatic carbocycles. The normalized spacial score (nSPS) is 11.3. The molecule has 0 spiro atoms. The van der Waals surface area contributed by atoms with Crippen LogP contribution in [0.4, 0.5) is 8.78 Å². The molecule has 2 rings (SSSR count). The lowest BCUT2D eigenvalue weighted by molar-refractivity contribution is 0.425. The van der Waals surface area contributed by atoms with Gasteiger partial charge in [0, 0.05) is 5.57 Å². The van der Waals surface area contributed by atoms with Crippen molar-refractivity contribution < 1.29 is 8.78 Å². The Morgan fingerprint density at radius 2 is 1.48 bits per heavy atom. The second-order valence-electron chi connectivity index (χ2n) is 6.03. The van der Waals surface area contributed by atoms with Gasteiger partial charge in [0.2, 0.25) is 0 Å². The molecule has 2 aromatic rings. The summed E-state index contributed by atoms with van der Waals surface area (Å²) in [6.45, 7) is 6.24. The van der Waals surface area contributed by atoms with E-state index in [0.717, 1.165) is 5.56 Å². The molecule has 0 saturated heterocycles. The molecule has 0 fully saturated rings. The third kappa shape index (κ3) is 3.88. The first kappa shape index (κ1) is 15.6. The number of aryl methyl sites for hydroxylation is 1. The predicted molar refractivity (Wildman–Crippen MR) is 88.7 cm³/mol. The van der Waals surface area contributed by atoms with E-state index < -0.39 is 14.2 Å². The van der Waals surface area contributed by atoms with Crippen LogP contribution in [0.3, 0.4) is 0 Å². The monoisotopic (exact) mass is 302 g/mol. The number of hydrogen-bond acceptors (Lipinski definition) is 0. The van der Waals surface area contributed by atoms with Gasteiger partial charge in [-0.25, -0.2) is 0 Å². The number of benzene rings is 2. The minimum Gasteiger partial charge on any atom is -0.173 e. The Morgan fingerprint density at radius 1 is 0.905 bits per heavy atom. The van der Waals surface area contributed by atoms with E-state index in [0.29, 0.717) is 11.6 Å². The van der Waals surface area contributed by atoms with E-state index in [9.17, 15) is 8.78 Å². The molecule has 0 heterocycles. The van der Waals surface area contributed by atoms with Crippen molar-refractivity contribution in [1.82, 2.24) is 0 Å². The first-order valence-electron chi connectivity index (χ1n) is 7.07. The Hall–Kier alpha value is -1.74. The van der Waals surface area contributed by atoms with Crippen LogP contribution >= 0.6 is 0 Å². The van der Waals surface area contributed by atoms with Crippen LogP contribution in [0, 0.1) is 6.92 Å². The van der Waals surface area contributed by atoms with Crippen molar-refractivity contribution in [2.45, 2.75) is 26.1 Å². The van der Waals surface area contributed by atoms with Crippen molar-refractivity contribution in [3.8, 4) is 0 Å².